The van der Waals surface area contributed by atoms with Gasteiger partial charge < -0.3 is 15.4 Å². The lowest BCUT2D eigenvalue weighted by Crippen LogP contribution is -2.25. The topological polar surface area (TPSA) is 133 Å². The Labute approximate surface area is 154 Å². The van der Waals surface area contributed by atoms with E-state index in [4.69, 9.17) is 10.3 Å². The summed E-state index contributed by atoms with van der Waals surface area (Å²) in [5, 5.41) is 8.86. The van der Waals surface area contributed by atoms with E-state index in [-0.39, 0.29) is 36.9 Å². The highest BCUT2D eigenvalue weighted by Crippen LogP contribution is 2.00. The van der Waals surface area contributed by atoms with Crippen LogP contribution in [0.5, 0.6) is 0 Å². The molecule has 26 heavy (non-hydrogen) atoms. The molecule has 0 saturated carbocycles. The van der Waals surface area contributed by atoms with Gasteiger partial charge in [0.2, 0.25) is 11.8 Å². The Balaban J connectivity index is 3.45. The second-order valence-electron chi connectivity index (χ2n) is 5.87. The van der Waals surface area contributed by atoms with Gasteiger partial charge in [-0.25, -0.2) is 0 Å². The van der Waals surface area contributed by atoms with E-state index in [9.17, 15) is 14.4 Å². The van der Waals surface area contributed by atoms with E-state index in [1.165, 1.54) is 0 Å². The number of ether oxygens (including phenoxy) is 1. The first-order chi connectivity index (χ1) is 12.6. The van der Waals surface area contributed by atoms with Crippen LogP contribution in [-0.2, 0) is 19.1 Å². The Bertz CT molecular complexity index is 464. The molecular formula is C17H31N5O4. The van der Waals surface area contributed by atoms with Crippen LogP contribution in [0, 0.1) is 0 Å². The molecule has 0 aromatic carbocycles. The minimum absolute atomic E-state index is 0.0528. The summed E-state index contributed by atoms with van der Waals surface area (Å²) in [6, 6.07) is 0. The SMILES string of the molecule is CCCCNC(=O)CCC(=O)CCCOCCC(=O)NCCCN=[N+]=[N-]. The van der Waals surface area contributed by atoms with Gasteiger partial charge in [0.05, 0.1) is 6.61 Å². The highest BCUT2D eigenvalue weighted by atomic mass is 16.5. The number of carbonyl (C=O) groups is 3. The molecule has 0 aliphatic carbocycles. The van der Waals surface area contributed by atoms with Crippen LogP contribution in [-0.4, -0.2) is 50.4 Å². The largest absolute Gasteiger partial charge is 0.381 e. The van der Waals surface area contributed by atoms with E-state index in [0.717, 1.165) is 12.8 Å². The molecule has 0 fully saturated rings. The van der Waals surface area contributed by atoms with Crippen molar-refractivity contribution in [3.05, 3.63) is 10.4 Å². The van der Waals surface area contributed by atoms with Crippen molar-refractivity contribution in [2.24, 2.45) is 5.11 Å². The summed E-state index contributed by atoms with van der Waals surface area (Å²) in [7, 11) is 0. The number of nitrogens with zero attached hydrogens (tertiary/aromatic N) is 3. The summed E-state index contributed by atoms with van der Waals surface area (Å²) in [6.45, 7) is 4.27. The zero-order valence-corrected chi connectivity index (χ0v) is 15.7. The van der Waals surface area contributed by atoms with Crippen LogP contribution >= 0.6 is 0 Å². The van der Waals surface area contributed by atoms with Crippen LogP contribution in [0.25, 0.3) is 10.4 Å². The normalized spacial score (nSPS) is 10.0. The lowest BCUT2D eigenvalue weighted by atomic mass is 10.1. The summed E-state index contributed by atoms with van der Waals surface area (Å²) in [6.07, 6.45) is 4.31. The Morgan fingerprint density at radius 2 is 1.62 bits per heavy atom. The van der Waals surface area contributed by atoms with Gasteiger partial charge in [-0.3, -0.25) is 14.4 Å². The number of amides is 2. The highest BCUT2D eigenvalue weighted by molar-refractivity contribution is 5.84. The molecule has 0 rings (SSSR count). The zero-order valence-electron chi connectivity index (χ0n) is 15.7. The summed E-state index contributed by atoms with van der Waals surface area (Å²) < 4.78 is 5.33. The molecule has 0 heterocycles. The maximum Gasteiger partial charge on any atom is 0.222 e. The number of rotatable bonds is 17. The Morgan fingerprint density at radius 1 is 0.923 bits per heavy atom. The van der Waals surface area contributed by atoms with E-state index < -0.39 is 0 Å². The van der Waals surface area contributed by atoms with Crippen LogP contribution in [0.3, 0.4) is 0 Å². The zero-order chi connectivity index (χ0) is 19.5. The summed E-state index contributed by atoms with van der Waals surface area (Å²) in [5.74, 6) is -0.137. The average molecular weight is 369 g/mol. The van der Waals surface area contributed by atoms with Gasteiger partial charge >= 0.3 is 0 Å². The molecule has 2 N–H and O–H groups in total. The van der Waals surface area contributed by atoms with Crippen LogP contribution in [0.1, 0.15) is 58.3 Å². The predicted molar refractivity (Wildman–Crippen MR) is 98.5 cm³/mol. The number of Topliss-reactive ketones (excluding diaryl/α,β-unsaturated/α-hetero) is 1. The smallest absolute Gasteiger partial charge is 0.222 e. The fourth-order valence-corrected chi connectivity index (χ4v) is 2.02. The molecule has 0 aromatic heterocycles. The molecule has 148 valence electrons. The lowest BCUT2D eigenvalue weighted by Gasteiger charge is -2.06. The second-order valence-corrected chi connectivity index (χ2v) is 5.87. The number of ketones is 1. The maximum absolute atomic E-state index is 11.7. The van der Waals surface area contributed by atoms with E-state index in [1.807, 2.05) is 0 Å². The molecule has 0 radical (unpaired) electrons. The first-order valence-corrected chi connectivity index (χ1v) is 9.23. The quantitative estimate of drug-likeness (QED) is 0.176. The Morgan fingerprint density at radius 3 is 2.31 bits per heavy atom. The van der Waals surface area contributed by atoms with Gasteiger partial charge in [-0.1, -0.05) is 18.5 Å². The van der Waals surface area contributed by atoms with Crippen LogP contribution in [0.15, 0.2) is 5.11 Å². The third kappa shape index (κ3) is 16.7. The van der Waals surface area contributed by atoms with E-state index in [1.54, 1.807) is 0 Å². The lowest BCUT2D eigenvalue weighted by molar-refractivity contribution is -0.125. The molecule has 9 nitrogen and oxygen atoms in total. The standard InChI is InChI=1S/C17H31N5O4/c1-2-3-10-19-16(24)8-7-15(23)6-4-13-26-14-9-17(25)20-11-5-12-21-22-18/h2-14H2,1H3,(H,19,24)(H,20,25). The Hall–Kier alpha value is -2.12. The van der Waals surface area contributed by atoms with E-state index in [2.05, 4.69) is 27.6 Å². The number of hydrogen-bond acceptors (Lipinski definition) is 5. The third-order valence-corrected chi connectivity index (χ3v) is 3.52. The third-order valence-electron chi connectivity index (χ3n) is 3.52. The van der Waals surface area contributed by atoms with Crippen LogP contribution < -0.4 is 10.6 Å². The number of hydrogen-bond donors (Lipinski definition) is 2. The van der Waals surface area contributed by atoms with Crippen molar-refractivity contribution in [3.63, 3.8) is 0 Å². The maximum atomic E-state index is 11.7. The molecule has 0 aliphatic heterocycles. The Kier molecular flexibility index (Phi) is 16.3. The highest BCUT2D eigenvalue weighted by Gasteiger charge is 2.07. The summed E-state index contributed by atoms with van der Waals surface area (Å²) in [4.78, 5) is 37.3. The molecule has 2 amide bonds. The number of unbranched alkanes of at least 4 members (excludes halogenated alkanes) is 1. The van der Waals surface area contributed by atoms with Crippen molar-refractivity contribution in [1.82, 2.24) is 10.6 Å². The molecule has 0 saturated heterocycles. The van der Waals surface area contributed by atoms with E-state index in [0.29, 0.717) is 52.1 Å². The number of carbonyl (C=O) groups excluding carboxylic acids is 3. The van der Waals surface area contributed by atoms with Gasteiger partial charge in [0.15, 0.2) is 0 Å². The molecule has 0 bridgehead atoms. The number of nitrogens with one attached hydrogen (secondary N) is 2. The second kappa shape index (κ2) is 17.7. The predicted octanol–water partition coefficient (Wildman–Crippen LogP) is 2.26. The van der Waals surface area contributed by atoms with Gasteiger partial charge in [-0.2, -0.15) is 0 Å². The molecule has 0 aliphatic rings. The van der Waals surface area contributed by atoms with Crippen molar-refractivity contribution < 1.29 is 19.1 Å². The minimum atomic E-state index is -0.115. The van der Waals surface area contributed by atoms with Gasteiger partial charge in [0.25, 0.3) is 0 Å². The average Bonchev–Trinajstić information content (AvgIpc) is 2.63. The first-order valence-electron chi connectivity index (χ1n) is 9.23. The summed E-state index contributed by atoms with van der Waals surface area (Å²) in [5.41, 5.74) is 8.11. The van der Waals surface area contributed by atoms with Crippen LogP contribution in [0.4, 0.5) is 0 Å². The molecule has 0 aromatic rings. The van der Waals surface area contributed by atoms with Crippen molar-refractivity contribution >= 4 is 17.6 Å². The monoisotopic (exact) mass is 369 g/mol. The fourth-order valence-electron chi connectivity index (χ4n) is 2.02. The van der Waals surface area contributed by atoms with E-state index >= 15 is 0 Å². The molecule has 0 spiro atoms. The molecule has 0 unspecified atom stereocenters. The van der Waals surface area contributed by atoms with Crippen LogP contribution in [0.2, 0.25) is 0 Å². The molecule has 9 heteroatoms. The minimum Gasteiger partial charge on any atom is -0.381 e. The van der Waals surface area contributed by atoms with Gasteiger partial charge in [0.1, 0.15) is 5.78 Å². The fraction of sp³-hybridized carbons (Fsp3) is 0.824. The van der Waals surface area contributed by atoms with Gasteiger partial charge in [-0.05, 0) is 24.8 Å². The van der Waals surface area contributed by atoms with Gasteiger partial charge in [0, 0.05) is 56.8 Å². The number of azide groups is 1. The van der Waals surface area contributed by atoms with Crippen molar-refractivity contribution in [1.29, 1.82) is 0 Å². The first kappa shape index (κ1) is 23.9. The molecule has 0 atom stereocenters. The van der Waals surface area contributed by atoms with Gasteiger partial charge in [-0.15, -0.1) is 0 Å². The van der Waals surface area contributed by atoms with Crippen molar-refractivity contribution in [2.45, 2.75) is 58.3 Å². The van der Waals surface area contributed by atoms with Crippen molar-refractivity contribution in [2.75, 3.05) is 32.8 Å². The summed E-state index contributed by atoms with van der Waals surface area (Å²) >= 11 is 0. The molecular weight excluding hydrogens is 338 g/mol. The van der Waals surface area contributed by atoms with Crippen molar-refractivity contribution in [3.8, 4) is 0 Å².